The van der Waals surface area contributed by atoms with Gasteiger partial charge in [-0.1, -0.05) is 6.07 Å². The maximum atomic E-state index is 12.2. The Morgan fingerprint density at radius 2 is 2.00 bits per heavy atom. The van der Waals surface area contributed by atoms with Crippen LogP contribution in [-0.4, -0.2) is 16.7 Å². The maximum absolute atomic E-state index is 12.2. The standard InChI is InChI=1S/C12H14N2O3/c1-7(2)14-11(15)10-8(13-12(14)16)5-4-6-9(10)17-3/h4-7H,1-3H3,(H,13,16). The first kappa shape index (κ1) is 11.4. The topological polar surface area (TPSA) is 64.1 Å². The second-order valence-electron chi connectivity index (χ2n) is 4.08. The van der Waals surface area contributed by atoms with Crippen molar-refractivity contribution in [2.24, 2.45) is 0 Å². The van der Waals surface area contributed by atoms with E-state index in [4.69, 9.17) is 4.74 Å². The Morgan fingerprint density at radius 1 is 1.29 bits per heavy atom. The third-order valence-corrected chi connectivity index (χ3v) is 2.66. The molecular formula is C12H14N2O3. The van der Waals surface area contributed by atoms with E-state index in [1.54, 1.807) is 32.0 Å². The fourth-order valence-electron chi connectivity index (χ4n) is 1.88. The molecule has 0 saturated heterocycles. The summed E-state index contributed by atoms with van der Waals surface area (Å²) in [6.45, 7) is 3.58. The van der Waals surface area contributed by atoms with Gasteiger partial charge in [0.05, 0.1) is 12.6 Å². The first-order chi connectivity index (χ1) is 8.06. The van der Waals surface area contributed by atoms with Crippen molar-refractivity contribution in [1.82, 2.24) is 9.55 Å². The minimum Gasteiger partial charge on any atom is -0.496 e. The molecule has 0 aliphatic heterocycles. The van der Waals surface area contributed by atoms with Crippen LogP contribution < -0.4 is 16.0 Å². The Balaban J connectivity index is 3.00. The summed E-state index contributed by atoms with van der Waals surface area (Å²) in [6.07, 6.45) is 0. The SMILES string of the molecule is COc1cccc2[nH]c(=O)n(C(C)C)c(=O)c12. The van der Waals surface area contributed by atoms with Gasteiger partial charge in [-0.25, -0.2) is 4.79 Å². The van der Waals surface area contributed by atoms with Gasteiger partial charge in [-0.2, -0.15) is 0 Å². The summed E-state index contributed by atoms with van der Waals surface area (Å²) in [6, 6.07) is 4.93. The zero-order valence-corrected chi connectivity index (χ0v) is 9.98. The van der Waals surface area contributed by atoms with Gasteiger partial charge in [0, 0.05) is 6.04 Å². The Kier molecular flexibility index (Phi) is 2.75. The summed E-state index contributed by atoms with van der Waals surface area (Å²) in [5.74, 6) is 0.471. The lowest BCUT2D eigenvalue weighted by Gasteiger charge is -2.11. The molecule has 5 heteroatoms. The summed E-state index contributed by atoms with van der Waals surface area (Å²) in [4.78, 5) is 26.7. The van der Waals surface area contributed by atoms with E-state index in [2.05, 4.69) is 4.98 Å². The van der Waals surface area contributed by atoms with E-state index in [0.29, 0.717) is 16.7 Å². The molecule has 2 rings (SSSR count). The summed E-state index contributed by atoms with van der Waals surface area (Å²) in [7, 11) is 1.50. The molecular weight excluding hydrogens is 220 g/mol. The van der Waals surface area contributed by atoms with Gasteiger partial charge in [0.15, 0.2) is 0 Å². The van der Waals surface area contributed by atoms with Gasteiger partial charge in [-0.05, 0) is 26.0 Å². The minimum absolute atomic E-state index is 0.194. The quantitative estimate of drug-likeness (QED) is 0.851. The van der Waals surface area contributed by atoms with Crippen LogP contribution in [0.25, 0.3) is 10.9 Å². The molecule has 1 heterocycles. The van der Waals surface area contributed by atoms with E-state index in [1.165, 1.54) is 11.7 Å². The lowest BCUT2D eigenvalue weighted by atomic mass is 10.2. The van der Waals surface area contributed by atoms with Gasteiger partial charge in [0.25, 0.3) is 5.56 Å². The Morgan fingerprint density at radius 3 is 2.59 bits per heavy atom. The summed E-state index contributed by atoms with van der Waals surface area (Å²) in [5, 5.41) is 0.406. The van der Waals surface area contributed by atoms with Crippen molar-refractivity contribution in [2.75, 3.05) is 7.11 Å². The van der Waals surface area contributed by atoms with Gasteiger partial charge < -0.3 is 9.72 Å². The van der Waals surface area contributed by atoms with Crippen LogP contribution in [-0.2, 0) is 0 Å². The highest BCUT2D eigenvalue weighted by Gasteiger charge is 2.13. The zero-order chi connectivity index (χ0) is 12.6. The number of methoxy groups -OCH3 is 1. The van der Waals surface area contributed by atoms with E-state index < -0.39 is 5.69 Å². The number of H-pyrrole nitrogens is 1. The van der Waals surface area contributed by atoms with Crippen LogP contribution in [0.1, 0.15) is 19.9 Å². The molecule has 17 heavy (non-hydrogen) atoms. The van der Waals surface area contributed by atoms with E-state index in [0.717, 1.165) is 0 Å². The molecule has 1 aromatic heterocycles. The fourth-order valence-corrected chi connectivity index (χ4v) is 1.88. The van der Waals surface area contributed by atoms with E-state index in [1.807, 2.05) is 0 Å². The normalized spacial score (nSPS) is 11.1. The third kappa shape index (κ3) is 1.73. The molecule has 0 aliphatic rings. The van der Waals surface area contributed by atoms with E-state index >= 15 is 0 Å². The number of hydrogen-bond donors (Lipinski definition) is 1. The van der Waals surface area contributed by atoms with Crippen molar-refractivity contribution in [1.29, 1.82) is 0 Å². The van der Waals surface area contributed by atoms with Crippen LogP contribution >= 0.6 is 0 Å². The summed E-state index contributed by atoms with van der Waals surface area (Å²) in [5.41, 5.74) is -0.224. The highest BCUT2D eigenvalue weighted by atomic mass is 16.5. The number of fused-ring (bicyclic) bond motifs is 1. The molecule has 0 spiro atoms. The van der Waals surface area contributed by atoms with Crippen molar-refractivity contribution < 1.29 is 4.74 Å². The Labute approximate surface area is 97.7 Å². The Bertz CT molecular complexity index is 667. The molecule has 1 N–H and O–H groups in total. The van der Waals surface area contributed by atoms with Gasteiger partial charge in [-0.15, -0.1) is 0 Å². The van der Waals surface area contributed by atoms with Crippen molar-refractivity contribution >= 4 is 10.9 Å². The molecule has 0 radical (unpaired) electrons. The van der Waals surface area contributed by atoms with Crippen LogP contribution in [0, 0.1) is 0 Å². The molecule has 0 aliphatic carbocycles. The molecule has 0 amide bonds. The fraction of sp³-hybridized carbons (Fsp3) is 0.333. The molecule has 0 fully saturated rings. The second kappa shape index (κ2) is 4.08. The molecule has 0 saturated carbocycles. The summed E-state index contributed by atoms with van der Waals surface area (Å²) >= 11 is 0. The predicted molar refractivity (Wildman–Crippen MR) is 65.8 cm³/mol. The molecule has 0 unspecified atom stereocenters. The second-order valence-corrected chi connectivity index (χ2v) is 4.08. The molecule has 0 atom stereocenters. The van der Waals surface area contributed by atoms with Crippen LogP contribution in [0.5, 0.6) is 5.75 Å². The van der Waals surface area contributed by atoms with Crippen LogP contribution in [0.15, 0.2) is 27.8 Å². The third-order valence-electron chi connectivity index (χ3n) is 2.66. The highest BCUT2D eigenvalue weighted by molar-refractivity contribution is 5.83. The van der Waals surface area contributed by atoms with Gasteiger partial charge >= 0.3 is 5.69 Å². The first-order valence-electron chi connectivity index (χ1n) is 5.37. The van der Waals surface area contributed by atoms with Crippen molar-refractivity contribution in [3.05, 3.63) is 39.0 Å². The van der Waals surface area contributed by atoms with E-state index in [9.17, 15) is 9.59 Å². The van der Waals surface area contributed by atoms with Crippen molar-refractivity contribution in [3.63, 3.8) is 0 Å². The van der Waals surface area contributed by atoms with Gasteiger partial charge in [0.2, 0.25) is 0 Å². The number of nitrogens with one attached hydrogen (secondary N) is 1. The number of hydrogen-bond acceptors (Lipinski definition) is 3. The summed E-state index contributed by atoms with van der Waals surface area (Å²) < 4.78 is 6.33. The lowest BCUT2D eigenvalue weighted by molar-refractivity contribution is 0.418. The molecule has 0 bridgehead atoms. The molecule has 5 nitrogen and oxygen atoms in total. The highest BCUT2D eigenvalue weighted by Crippen LogP contribution is 2.19. The first-order valence-corrected chi connectivity index (χ1v) is 5.37. The van der Waals surface area contributed by atoms with Crippen molar-refractivity contribution in [2.45, 2.75) is 19.9 Å². The van der Waals surface area contributed by atoms with Crippen molar-refractivity contribution in [3.8, 4) is 5.75 Å². The maximum Gasteiger partial charge on any atom is 0.329 e. The largest absolute Gasteiger partial charge is 0.496 e. The molecule has 2 aromatic rings. The van der Waals surface area contributed by atoms with Crippen LogP contribution in [0.2, 0.25) is 0 Å². The molecule has 90 valence electrons. The number of rotatable bonds is 2. The average molecular weight is 234 g/mol. The lowest BCUT2D eigenvalue weighted by Crippen LogP contribution is -2.36. The average Bonchev–Trinajstić information content (AvgIpc) is 2.27. The van der Waals surface area contributed by atoms with Crippen LogP contribution in [0.3, 0.4) is 0 Å². The van der Waals surface area contributed by atoms with E-state index in [-0.39, 0.29) is 11.6 Å². The number of aromatic amines is 1. The van der Waals surface area contributed by atoms with Gasteiger partial charge in [0.1, 0.15) is 11.1 Å². The smallest absolute Gasteiger partial charge is 0.329 e. The van der Waals surface area contributed by atoms with Gasteiger partial charge in [-0.3, -0.25) is 9.36 Å². The minimum atomic E-state index is -0.397. The monoisotopic (exact) mass is 234 g/mol. The number of benzene rings is 1. The number of ether oxygens (including phenoxy) is 1. The number of aromatic nitrogens is 2. The predicted octanol–water partition coefficient (Wildman–Crippen LogP) is 1.28. The molecule has 1 aromatic carbocycles. The van der Waals surface area contributed by atoms with Crippen LogP contribution in [0.4, 0.5) is 0 Å². The number of nitrogens with zero attached hydrogens (tertiary/aromatic N) is 1. The zero-order valence-electron chi connectivity index (χ0n) is 9.98. The Hall–Kier alpha value is -2.04.